The predicted molar refractivity (Wildman–Crippen MR) is 130 cm³/mol. The smallest absolute Gasteiger partial charge is 0.242 e. The predicted octanol–water partition coefficient (Wildman–Crippen LogP) is 5.93. The number of hydrogen-bond donors (Lipinski definition) is 1. The van der Waals surface area contributed by atoms with Crippen LogP contribution >= 0.6 is 50.9 Å². The van der Waals surface area contributed by atoms with Gasteiger partial charge in [-0.1, -0.05) is 64.3 Å². The minimum Gasteiger partial charge on any atom is -0.354 e. The van der Waals surface area contributed by atoms with Gasteiger partial charge in [0.2, 0.25) is 11.8 Å². The summed E-state index contributed by atoms with van der Waals surface area (Å²) in [5.74, 6) is 0.603. The summed E-state index contributed by atoms with van der Waals surface area (Å²) in [6.45, 7) is 4.72. The van der Waals surface area contributed by atoms with E-state index < -0.39 is 6.04 Å². The molecule has 30 heavy (non-hydrogen) atoms. The third kappa shape index (κ3) is 7.80. The summed E-state index contributed by atoms with van der Waals surface area (Å²) in [5.41, 5.74) is 1.89. The number of nitrogens with one attached hydrogen (secondary N) is 1. The Morgan fingerprint density at radius 1 is 1.17 bits per heavy atom. The number of thioether (sulfide) groups is 1. The van der Waals surface area contributed by atoms with E-state index >= 15 is 0 Å². The fourth-order valence-corrected chi connectivity index (χ4v) is 4.47. The average molecular weight is 532 g/mol. The molecule has 162 valence electrons. The Morgan fingerprint density at radius 2 is 1.87 bits per heavy atom. The lowest BCUT2D eigenvalue weighted by Crippen LogP contribution is -2.48. The molecule has 0 heterocycles. The largest absolute Gasteiger partial charge is 0.354 e. The van der Waals surface area contributed by atoms with Crippen molar-refractivity contribution in [2.75, 3.05) is 12.3 Å². The van der Waals surface area contributed by atoms with Crippen molar-refractivity contribution < 1.29 is 9.59 Å². The van der Waals surface area contributed by atoms with Crippen LogP contribution < -0.4 is 5.32 Å². The molecule has 2 aromatic rings. The van der Waals surface area contributed by atoms with Crippen molar-refractivity contribution in [1.82, 2.24) is 10.2 Å². The molecule has 0 radical (unpaired) electrons. The van der Waals surface area contributed by atoms with Crippen molar-refractivity contribution in [3.63, 3.8) is 0 Å². The first-order chi connectivity index (χ1) is 14.3. The van der Waals surface area contributed by atoms with Gasteiger partial charge in [0.15, 0.2) is 0 Å². The van der Waals surface area contributed by atoms with Gasteiger partial charge in [-0.25, -0.2) is 0 Å². The van der Waals surface area contributed by atoms with Gasteiger partial charge in [-0.2, -0.15) is 0 Å². The van der Waals surface area contributed by atoms with Crippen LogP contribution in [0.4, 0.5) is 0 Å². The fraction of sp³-hybridized carbons (Fsp3) is 0.364. The summed E-state index contributed by atoms with van der Waals surface area (Å²) in [6.07, 6.45) is 0.844. The molecule has 2 amide bonds. The average Bonchev–Trinajstić information content (AvgIpc) is 2.72. The monoisotopic (exact) mass is 530 g/mol. The zero-order valence-corrected chi connectivity index (χ0v) is 20.9. The lowest BCUT2D eigenvalue weighted by molar-refractivity contribution is -0.138. The van der Waals surface area contributed by atoms with Crippen LogP contribution in [0.25, 0.3) is 0 Å². The maximum absolute atomic E-state index is 13.0. The Morgan fingerprint density at radius 3 is 2.50 bits per heavy atom. The number of nitrogens with zero attached hydrogens (tertiary/aromatic N) is 1. The maximum Gasteiger partial charge on any atom is 0.242 e. The Bertz CT molecular complexity index is 865. The Labute approximate surface area is 200 Å². The molecule has 0 aliphatic heterocycles. The highest BCUT2D eigenvalue weighted by Gasteiger charge is 2.25. The third-order valence-corrected chi connectivity index (χ3v) is 6.56. The number of carbonyl (C=O) groups excluding carboxylic acids is 2. The zero-order chi connectivity index (χ0) is 22.1. The van der Waals surface area contributed by atoms with E-state index in [4.69, 9.17) is 23.2 Å². The summed E-state index contributed by atoms with van der Waals surface area (Å²) < 4.78 is 0.966. The minimum absolute atomic E-state index is 0.0906. The third-order valence-electron chi connectivity index (χ3n) is 4.48. The molecule has 1 N–H and O–H groups in total. The molecule has 2 aromatic carbocycles. The van der Waals surface area contributed by atoms with Crippen molar-refractivity contribution in [3.8, 4) is 0 Å². The summed E-state index contributed by atoms with van der Waals surface area (Å²) >= 11 is 17.0. The van der Waals surface area contributed by atoms with Crippen molar-refractivity contribution in [3.05, 3.63) is 68.1 Å². The molecule has 1 atom stereocenters. The number of amides is 2. The fourth-order valence-electron chi connectivity index (χ4n) is 2.73. The van der Waals surface area contributed by atoms with E-state index in [0.29, 0.717) is 28.9 Å². The van der Waals surface area contributed by atoms with E-state index in [2.05, 4.69) is 21.2 Å². The summed E-state index contributed by atoms with van der Waals surface area (Å²) in [5, 5.41) is 4.05. The highest BCUT2D eigenvalue weighted by atomic mass is 79.9. The molecular formula is C22H25BrCl2N2O2S. The van der Waals surface area contributed by atoms with Gasteiger partial charge in [-0.15, -0.1) is 11.8 Å². The molecule has 0 spiro atoms. The second-order valence-electron chi connectivity index (χ2n) is 6.84. The topological polar surface area (TPSA) is 49.4 Å². The van der Waals surface area contributed by atoms with Crippen molar-refractivity contribution >= 4 is 62.7 Å². The number of rotatable bonds is 10. The van der Waals surface area contributed by atoms with Gasteiger partial charge in [0.25, 0.3) is 0 Å². The Hall–Kier alpha value is -1.21. The van der Waals surface area contributed by atoms with E-state index in [1.807, 2.05) is 37.3 Å². The quantitative estimate of drug-likeness (QED) is 0.413. The summed E-state index contributed by atoms with van der Waals surface area (Å²) in [6, 6.07) is 12.5. The highest BCUT2D eigenvalue weighted by Crippen LogP contribution is 2.25. The standard InChI is InChI=1S/C22H25BrCl2N2O2S/c1-3-10-26-22(29)15(2)27(12-16-4-7-18(23)8-5-16)21(28)14-30-13-17-6-9-19(24)11-20(17)25/h4-9,11,15H,3,10,12-14H2,1-2H3,(H,26,29)/t15-/m1/s1. The summed E-state index contributed by atoms with van der Waals surface area (Å²) in [4.78, 5) is 27.2. The molecule has 8 heteroatoms. The van der Waals surface area contributed by atoms with Crippen LogP contribution in [0.15, 0.2) is 46.9 Å². The van der Waals surface area contributed by atoms with Crippen LogP contribution in [0.5, 0.6) is 0 Å². The lowest BCUT2D eigenvalue weighted by Gasteiger charge is -2.28. The first-order valence-corrected chi connectivity index (χ1v) is 12.4. The molecule has 0 unspecified atom stereocenters. The van der Waals surface area contributed by atoms with Crippen LogP contribution in [-0.4, -0.2) is 35.1 Å². The van der Waals surface area contributed by atoms with Crippen LogP contribution in [0, 0.1) is 0 Å². The SMILES string of the molecule is CCCNC(=O)[C@@H](C)N(Cc1ccc(Br)cc1)C(=O)CSCc1ccc(Cl)cc1Cl. The van der Waals surface area contributed by atoms with Gasteiger partial charge >= 0.3 is 0 Å². The van der Waals surface area contributed by atoms with Gasteiger partial charge < -0.3 is 10.2 Å². The van der Waals surface area contributed by atoms with Crippen LogP contribution in [-0.2, 0) is 21.9 Å². The molecule has 0 aliphatic carbocycles. The normalized spacial score (nSPS) is 11.8. The van der Waals surface area contributed by atoms with Crippen molar-refractivity contribution in [1.29, 1.82) is 0 Å². The Kier molecular flexibility index (Phi) is 10.5. The lowest BCUT2D eigenvalue weighted by atomic mass is 10.1. The zero-order valence-electron chi connectivity index (χ0n) is 17.0. The van der Waals surface area contributed by atoms with E-state index in [-0.39, 0.29) is 17.6 Å². The minimum atomic E-state index is -0.563. The molecular weight excluding hydrogens is 507 g/mol. The first-order valence-electron chi connectivity index (χ1n) is 9.65. The van der Waals surface area contributed by atoms with E-state index in [0.717, 1.165) is 22.0 Å². The van der Waals surface area contributed by atoms with Crippen LogP contribution in [0.1, 0.15) is 31.4 Å². The van der Waals surface area contributed by atoms with Crippen molar-refractivity contribution in [2.45, 2.75) is 38.6 Å². The highest BCUT2D eigenvalue weighted by molar-refractivity contribution is 9.10. The van der Waals surface area contributed by atoms with Gasteiger partial charge in [0.05, 0.1) is 5.75 Å². The maximum atomic E-state index is 13.0. The second kappa shape index (κ2) is 12.6. The van der Waals surface area contributed by atoms with Gasteiger partial charge in [-0.05, 0) is 48.7 Å². The number of benzene rings is 2. The molecule has 0 aliphatic rings. The van der Waals surface area contributed by atoms with E-state index in [1.54, 1.807) is 24.0 Å². The van der Waals surface area contributed by atoms with Gasteiger partial charge in [0.1, 0.15) is 6.04 Å². The van der Waals surface area contributed by atoms with Crippen molar-refractivity contribution in [2.24, 2.45) is 0 Å². The van der Waals surface area contributed by atoms with Crippen LogP contribution in [0.3, 0.4) is 0 Å². The number of carbonyl (C=O) groups is 2. The number of halogens is 3. The van der Waals surface area contributed by atoms with Crippen LogP contribution in [0.2, 0.25) is 10.0 Å². The van der Waals surface area contributed by atoms with E-state index in [1.165, 1.54) is 11.8 Å². The number of hydrogen-bond acceptors (Lipinski definition) is 3. The molecule has 0 bridgehead atoms. The molecule has 2 rings (SSSR count). The molecule has 0 aromatic heterocycles. The Balaban J connectivity index is 2.06. The molecule has 4 nitrogen and oxygen atoms in total. The molecule has 0 fully saturated rings. The second-order valence-corrected chi connectivity index (χ2v) is 9.59. The van der Waals surface area contributed by atoms with Gasteiger partial charge in [0, 0.05) is 33.4 Å². The van der Waals surface area contributed by atoms with Gasteiger partial charge in [-0.3, -0.25) is 9.59 Å². The first kappa shape index (κ1) is 25.1. The molecule has 0 saturated carbocycles. The molecule has 0 saturated heterocycles. The van der Waals surface area contributed by atoms with E-state index in [9.17, 15) is 9.59 Å². The summed E-state index contributed by atoms with van der Waals surface area (Å²) in [7, 11) is 0.